The van der Waals surface area contributed by atoms with E-state index in [-0.39, 0.29) is 0 Å². The largest absolute Gasteiger partial charge is 0.386 e. The van der Waals surface area contributed by atoms with Gasteiger partial charge in [-0.1, -0.05) is 31.5 Å². The molecule has 0 amide bonds. The quantitative estimate of drug-likeness (QED) is 0.646. The lowest BCUT2D eigenvalue weighted by molar-refractivity contribution is 0.507. The maximum Gasteiger partial charge on any atom is 0.292 e. The van der Waals surface area contributed by atoms with Crippen molar-refractivity contribution in [3.63, 3.8) is 0 Å². The molecule has 0 unspecified atom stereocenters. The highest BCUT2D eigenvalue weighted by Gasteiger charge is 1.99. The van der Waals surface area contributed by atoms with Crippen molar-refractivity contribution in [2.75, 3.05) is 0 Å². The number of benzene rings is 1. The smallest absolute Gasteiger partial charge is 0.292 e. The van der Waals surface area contributed by atoms with Crippen LogP contribution in [0.3, 0.4) is 0 Å². The van der Waals surface area contributed by atoms with Gasteiger partial charge in [0.05, 0.1) is 5.02 Å². The molecule has 0 aliphatic heterocycles. The van der Waals surface area contributed by atoms with Gasteiger partial charge in [0, 0.05) is 0 Å². The van der Waals surface area contributed by atoms with Crippen LogP contribution in [0, 0.1) is 18.4 Å². The first-order chi connectivity index (χ1) is 6.24. The van der Waals surface area contributed by atoms with Crippen molar-refractivity contribution in [1.29, 1.82) is 5.26 Å². The van der Waals surface area contributed by atoms with Gasteiger partial charge in [-0.2, -0.15) is 0 Å². The van der Waals surface area contributed by atoms with Crippen LogP contribution in [-0.4, -0.2) is 0 Å². The van der Waals surface area contributed by atoms with Crippen LogP contribution in [0.1, 0.15) is 19.4 Å². The summed E-state index contributed by atoms with van der Waals surface area (Å²) in [6, 6.07) is 5.27. The van der Waals surface area contributed by atoms with E-state index in [2.05, 4.69) is 4.74 Å². The van der Waals surface area contributed by atoms with Crippen LogP contribution in [0.15, 0.2) is 18.2 Å². The third kappa shape index (κ3) is 3.82. The number of aryl methyl sites for hydroxylation is 1. The van der Waals surface area contributed by atoms with E-state index in [1.54, 1.807) is 18.4 Å². The van der Waals surface area contributed by atoms with Crippen molar-refractivity contribution in [1.82, 2.24) is 0 Å². The molecule has 70 valence electrons. The average molecular weight is 198 g/mol. The van der Waals surface area contributed by atoms with Gasteiger partial charge in [0.15, 0.2) is 5.75 Å². The molecule has 0 saturated carbocycles. The summed E-state index contributed by atoms with van der Waals surface area (Å²) in [5, 5.41) is 8.66. The number of rotatable bonds is 1. The molecule has 0 aliphatic rings. The summed E-state index contributed by atoms with van der Waals surface area (Å²) in [6.07, 6.45) is 1.57. The minimum Gasteiger partial charge on any atom is -0.386 e. The highest BCUT2D eigenvalue weighted by Crippen LogP contribution is 2.24. The number of hydrogen-bond donors (Lipinski definition) is 0. The summed E-state index contributed by atoms with van der Waals surface area (Å²) in [4.78, 5) is 0. The normalized spacial score (nSPS) is 7.92. The highest BCUT2D eigenvalue weighted by atomic mass is 35.5. The topological polar surface area (TPSA) is 33.0 Å². The molecule has 1 aromatic rings. The third-order valence-corrected chi connectivity index (χ3v) is 1.55. The molecule has 0 heterocycles. The molecule has 1 aromatic carbocycles. The Morgan fingerprint density at radius 3 is 2.54 bits per heavy atom. The molecule has 0 spiro atoms. The number of hydrogen-bond acceptors (Lipinski definition) is 2. The second-order valence-corrected chi connectivity index (χ2v) is 2.53. The van der Waals surface area contributed by atoms with Gasteiger partial charge in [-0.05, 0) is 24.6 Å². The molecule has 2 nitrogen and oxygen atoms in total. The SMILES string of the molecule is CC.Cc1ccc(Cl)c(OC#N)c1. The third-order valence-electron chi connectivity index (χ3n) is 1.24. The van der Waals surface area contributed by atoms with Crippen molar-refractivity contribution in [2.45, 2.75) is 20.8 Å². The summed E-state index contributed by atoms with van der Waals surface area (Å²) in [7, 11) is 0. The first-order valence-electron chi connectivity index (χ1n) is 4.06. The van der Waals surface area contributed by atoms with Gasteiger partial charge in [0.1, 0.15) is 0 Å². The molecule has 3 heteroatoms. The van der Waals surface area contributed by atoms with E-state index in [1.165, 1.54) is 0 Å². The van der Waals surface area contributed by atoms with Gasteiger partial charge >= 0.3 is 0 Å². The van der Waals surface area contributed by atoms with Gasteiger partial charge in [0.2, 0.25) is 0 Å². The number of nitriles is 1. The van der Waals surface area contributed by atoms with E-state index in [4.69, 9.17) is 16.9 Å². The number of halogens is 1. The highest BCUT2D eigenvalue weighted by molar-refractivity contribution is 6.32. The molecule has 0 radical (unpaired) electrons. The van der Waals surface area contributed by atoms with Crippen LogP contribution in [0.5, 0.6) is 5.75 Å². The van der Waals surface area contributed by atoms with Gasteiger partial charge < -0.3 is 4.74 Å². The van der Waals surface area contributed by atoms with Crippen molar-refractivity contribution in [3.8, 4) is 12.0 Å². The molecular weight excluding hydrogens is 186 g/mol. The van der Waals surface area contributed by atoms with E-state index in [0.29, 0.717) is 10.8 Å². The Morgan fingerprint density at radius 1 is 1.38 bits per heavy atom. The van der Waals surface area contributed by atoms with E-state index < -0.39 is 0 Å². The van der Waals surface area contributed by atoms with Crippen molar-refractivity contribution < 1.29 is 4.74 Å². The summed E-state index contributed by atoms with van der Waals surface area (Å²) < 4.78 is 4.59. The zero-order valence-corrected chi connectivity index (χ0v) is 8.72. The Labute approximate surface area is 83.7 Å². The second kappa shape index (κ2) is 6.33. The van der Waals surface area contributed by atoms with Crippen LogP contribution in [-0.2, 0) is 0 Å². The Morgan fingerprint density at radius 2 is 2.00 bits per heavy atom. The van der Waals surface area contributed by atoms with Crippen molar-refractivity contribution in [3.05, 3.63) is 28.8 Å². The van der Waals surface area contributed by atoms with Crippen LogP contribution in [0.2, 0.25) is 5.02 Å². The maximum absolute atomic E-state index is 8.20. The standard InChI is InChI=1S/C8H6ClNO.C2H6/c1-6-2-3-7(9)8(4-6)11-5-10;1-2/h2-4H,1H3;1-2H3. The first-order valence-corrected chi connectivity index (χ1v) is 4.44. The Kier molecular flexibility index (Phi) is 5.75. The Balaban J connectivity index is 0.000000671. The monoisotopic (exact) mass is 197 g/mol. The maximum atomic E-state index is 8.20. The number of ether oxygens (including phenoxy) is 1. The lowest BCUT2D eigenvalue weighted by atomic mass is 10.2. The molecule has 0 N–H and O–H groups in total. The van der Waals surface area contributed by atoms with E-state index in [1.807, 2.05) is 26.8 Å². The van der Waals surface area contributed by atoms with Gasteiger partial charge in [0.25, 0.3) is 6.26 Å². The summed E-state index contributed by atoms with van der Waals surface area (Å²) in [5.74, 6) is 0.411. The molecule has 0 aromatic heterocycles. The zero-order chi connectivity index (χ0) is 10.3. The fraction of sp³-hybridized carbons (Fsp3) is 0.300. The molecule has 0 saturated heterocycles. The van der Waals surface area contributed by atoms with Crippen molar-refractivity contribution in [2.24, 2.45) is 0 Å². The lowest BCUT2D eigenvalue weighted by Gasteiger charge is -1.99. The minimum absolute atomic E-state index is 0.411. The lowest BCUT2D eigenvalue weighted by Crippen LogP contribution is -1.83. The van der Waals surface area contributed by atoms with Crippen LogP contribution in [0.4, 0.5) is 0 Å². The molecule has 0 fully saturated rings. The van der Waals surface area contributed by atoms with E-state index in [9.17, 15) is 0 Å². The van der Waals surface area contributed by atoms with Gasteiger partial charge in [-0.15, -0.1) is 5.26 Å². The molecule has 0 atom stereocenters. The second-order valence-electron chi connectivity index (χ2n) is 2.13. The summed E-state index contributed by atoms with van der Waals surface area (Å²) in [6.45, 7) is 5.90. The minimum atomic E-state index is 0.411. The van der Waals surface area contributed by atoms with Crippen LogP contribution >= 0.6 is 11.6 Å². The van der Waals surface area contributed by atoms with Gasteiger partial charge in [-0.3, -0.25) is 0 Å². The fourth-order valence-corrected chi connectivity index (χ4v) is 0.894. The molecule has 1 rings (SSSR count). The fourth-order valence-electron chi connectivity index (χ4n) is 0.738. The molecule has 13 heavy (non-hydrogen) atoms. The predicted octanol–water partition coefficient (Wildman–Crippen LogP) is 3.53. The zero-order valence-electron chi connectivity index (χ0n) is 7.97. The van der Waals surface area contributed by atoms with E-state index >= 15 is 0 Å². The summed E-state index contributed by atoms with van der Waals surface area (Å²) in [5.41, 5.74) is 1.01. The first kappa shape index (κ1) is 11.8. The predicted molar refractivity (Wildman–Crippen MR) is 53.8 cm³/mol. The summed E-state index contributed by atoms with van der Waals surface area (Å²) >= 11 is 5.70. The van der Waals surface area contributed by atoms with Gasteiger partial charge in [-0.25, -0.2) is 0 Å². The molecular formula is C10H12ClNO. The number of nitrogens with zero attached hydrogens (tertiary/aromatic N) is 1. The Hall–Kier alpha value is -1.20. The van der Waals surface area contributed by atoms with Crippen molar-refractivity contribution >= 4 is 11.6 Å². The van der Waals surface area contributed by atoms with Crippen LogP contribution < -0.4 is 4.74 Å². The average Bonchev–Trinajstić information content (AvgIpc) is 2.15. The molecule has 0 bridgehead atoms. The van der Waals surface area contributed by atoms with E-state index in [0.717, 1.165) is 5.56 Å². The Bertz CT molecular complexity index is 304. The molecule has 0 aliphatic carbocycles. The van der Waals surface area contributed by atoms with Crippen LogP contribution in [0.25, 0.3) is 0 Å².